The molecule has 1 aromatic rings. The first kappa shape index (κ1) is 16.4. The molecular formula is C16H25N3O3. The number of nitrogens with zero attached hydrogens (tertiary/aromatic N) is 2. The first-order chi connectivity index (χ1) is 10.3. The van der Waals surface area contributed by atoms with Crippen molar-refractivity contribution >= 4 is 17.5 Å². The molecule has 1 saturated heterocycles. The van der Waals surface area contributed by atoms with Crippen LogP contribution in [0.4, 0.5) is 16.2 Å². The zero-order valence-corrected chi connectivity index (χ0v) is 13.7. The maximum atomic E-state index is 12.0. The molecule has 2 rings (SSSR count). The van der Waals surface area contributed by atoms with E-state index in [1.54, 1.807) is 4.90 Å². The number of hydrogen-bond donors (Lipinski definition) is 2. The molecule has 0 radical (unpaired) electrons. The van der Waals surface area contributed by atoms with Crippen molar-refractivity contribution in [1.82, 2.24) is 4.90 Å². The zero-order chi connectivity index (χ0) is 16.3. The highest BCUT2D eigenvalue weighted by Gasteiger charge is 2.26. The van der Waals surface area contributed by atoms with Gasteiger partial charge >= 0.3 is 6.09 Å². The van der Waals surface area contributed by atoms with Crippen molar-refractivity contribution in [1.29, 1.82) is 0 Å². The quantitative estimate of drug-likeness (QED) is 0.823. The summed E-state index contributed by atoms with van der Waals surface area (Å²) in [6.45, 7) is 10.4. The molecule has 0 unspecified atom stereocenters. The van der Waals surface area contributed by atoms with Crippen LogP contribution in [0.1, 0.15) is 26.3 Å². The van der Waals surface area contributed by atoms with Crippen LogP contribution in [0.25, 0.3) is 0 Å². The molecule has 22 heavy (non-hydrogen) atoms. The molecule has 122 valence electrons. The topological polar surface area (TPSA) is 65.0 Å². The molecule has 6 nitrogen and oxygen atoms in total. The summed E-state index contributed by atoms with van der Waals surface area (Å²) in [5, 5.41) is 8.99. The summed E-state index contributed by atoms with van der Waals surface area (Å²) in [6, 6.07) is 5.85. The number of carbonyl (C=O) groups is 1. The Balaban J connectivity index is 1.94. The number of ether oxygens (including phenoxy) is 1. The van der Waals surface area contributed by atoms with E-state index in [0.717, 1.165) is 24.3 Å². The second kappa shape index (κ2) is 6.44. The lowest BCUT2D eigenvalue weighted by atomic mass is 10.1. The third-order valence-electron chi connectivity index (χ3n) is 3.63. The molecule has 1 heterocycles. The van der Waals surface area contributed by atoms with Gasteiger partial charge in [0.1, 0.15) is 5.60 Å². The normalized spacial score (nSPS) is 15.7. The fourth-order valence-corrected chi connectivity index (χ4v) is 2.44. The van der Waals surface area contributed by atoms with Gasteiger partial charge in [0.25, 0.3) is 0 Å². The molecule has 1 fully saturated rings. The maximum absolute atomic E-state index is 12.0. The number of aryl methyl sites for hydroxylation is 1. The molecule has 6 heteroatoms. The summed E-state index contributed by atoms with van der Waals surface area (Å²) < 4.78 is 5.40. The fraction of sp³-hybridized carbons (Fsp3) is 0.562. The molecular weight excluding hydrogens is 282 g/mol. The lowest BCUT2D eigenvalue weighted by Gasteiger charge is -2.37. The van der Waals surface area contributed by atoms with Gasteiger partial charge in [-0.1, -0.05) is 0 Å². The average Bonchev–Trinajstić information content (AvgIpc) is 2.45. The van der Waals surface area contributed by atoms with Crippen molar-refractivity contribution in [2.45, 2.75) is 33.3 Å². The minimum Gasteiger partial charge on any atom is -0.444 e. The molecule has 0 atom stereocenters. The van der Waals surface area contributed by atoms with E-state index >= 15 is 0 Å². The van der Waals surface area contributed by atoms with Crippen LogP contribution >= 0.6 is 0 Å². The lowest BCUT2D eigenvalue weighted by Crippen LogP contribution is -2.50. The van der Waals surface area contributed by atoms with Gasteiger partial charge < -0.3 is 14.5 Å². The third kappa shape index (κ3) is 4.04. The highest BCUT2D eigenvalue weighted by Crippen LogP contribution is 2.23. The van der Waals surface area contributed by atoms with Crippen molar-refractivity contribution in [3.8, 4) is 0 Å². The molecule has 0 aliphatic carbocycles. The summed E-state index contributed by atoms with van der Waals surface area (Å²) in [5.41, 5.74) is 4.50. The third-order valence-corrected chi connectivity index (χ3v) is 3.63. The molecule has 2 N–H and O–H groups in total. The van der Waals surface area contributed by atoms with E-state index in [1.807, 2.05) is 45.9 Å². The number of carbonyl (C=O) groups excluding carboxylic acids is 1. The van der Waals surface area contributed by atoms with Crippen LogP contribution in [0, 0.1) is 6.92 Å². The Bertz CT molecular complexity index is 532. The smallest absolute Gasteiger partial charge is 0.410 e. The van der Waals surface area contributed by atoms with E-state index in [0.29, 0.717) is 18.8 Å². The van der Waals surface area contributed by atoms with Crippen LogP contribution in [0.15, 0.2) is 18.2 Å². The number of piperazine rings is 1. The van der Waals surface area contributed by atoms with Gasteiger partial charge in [0.2, 0.25) is 0 Å². The molecule has 1 aliphatic heterocycles. The van der Waals surface area contributed by atoms with Crippen LogP contribution in [0.2, 0.25) is 0 Å². The molecule has 0 bridgehead atoms. The molecule has 1 aromatic carbocycles. The first-order valence-electron chi connectivity index (χ1n) is 7.54. The van der Waals surface area contributed by atoms with Crippen molar-refractivity contribution in [2.75, 3.05) is 36.6 Å². The molecule has 0 saturated carbocycles. The zero-order valence-electron chi connectivity index (χ0n) is 13.7. The predicted molar refractivity (Wildman–Crippen MR) is 86.6 cm³/mol. The minimum absolute atomic E-state index is 0.247. The van der Waals surface area contributed by atoms with Gasteiger partial charge in [0.05, 0.1) is 5.69 Å². The highest BCUT2D eigenvalue weighted by atomic mass is 16.6. The first-order valence-corrected chi connectivity index (χ1v) is 7.54. The fourth-order valence-electron chi connectivity index (χ4n) is 2.44. The summed E-state index contributed by atoms with van der Waals surface area (Å²) in [4.78, 5) is 16.0. The van der Waals surface area contributed by atoms with Crippen molar-refractivity contribution < 1.29 is 14.7 Å². The van der Waals surface area contributed by atoms with Gasteiger partial charge in [-0.2, -0.15) is 0 Å². The Labute approximate surface area is 131 Å². The number of anilines is 2. The summed E-state index contributed by atoms with van der Waals surface area (Å²) >= 11 is 0. The standard InChI is InChI=1S/C16H25N3O3/c1-12-11-13(5-6-14(12)17-21)18-7-9-19(10-8-18)15(20)22-16(2,3)4/h5-6,11,17,21H,7-10H2,1-4H3. The summed E-state index contributed by atoms with van der Waals surface area (Å²) in [7, 11) is 0. The Hall–Kier alpha value is -1.95. The second-order valence-corrected chi connectivity index (χ2v) is 6.57. The minimum atomic E-state index is -0.460. The SMILES string of the molecule is Cc1cc(N2CCN(C(=O)OC(C)(C)C)CC2)ccc1NO. The second-order valence-electron chi connectivity index (χ2n) is 6.57. The van der Waals surface area contributed by atoms with Crippen LogP contribution in [-0.4, -0.2) is 48.0 Å². The van der Waals surface area contributed by atoms with Crippen LogP contribution in [-0.2, 0) is 4.74 Å². The predicted octanol–water partition coefficient (Wildman–Crippen LogP) is 2.85. The van der Waals surface area contributed by atoms with Gasteiger partial charge in [-0.3, -0.25) is 10.7 Å². The van der Waals surface area contributed by atoms with Crippen molar-refractivity contribution in [3.05, 3.63) is 23.8 Å². The van der Waals surface area contributed by atoms with Crippen LogP contribution < -0.4 is 10.4 Å². The Morgan fingerprint density at radius 1 is 1.23 bits per heavy atom. The maximum Gasteiger partial charge on any atom is 0.410 e. The number of amides is 1. The molecule has 0 aromatic heterocycles. The molecule has 0 spiro atoms. The van der Waals surface area contributed by atoms with Gasteiger partial charge in [0, 0.05) is 31.9 Å². The van der Waals surface area contributed by atoms with Gasteiger partial charge in [0.15, 0.2) is 0 Å². The van der Waals surface area contributed by atoms with E-state index in [4.69, 9.17) is 9.94 Å². The highest BCUT2D eigenvalue weighted by molar-refractivity contribution is 5.69. The van der Waals surface area contributed by atoms with Crippen LogP contribution in [0.3, 0.4) is 0 Å². The van der Waals surface area contributed by atoms with E-state index in [1.165, 1.54) is 0 Å². The number of nitrogens with one attached hydrogen (secondary N) is 1. The van der Waals surface area contributed by atoms with Gasteiger partial charge in [-0.05, 0) is 51.5 Å². The Kier molecular flexibility index (Phi) is 4.81. The van der Waals surface area contributed by atoms with E-state index in [-0.39, 0.29) is 6.09 Å². The molecule has 1 amide bonds. The van der Waals surface area contributed by atoms with Gasteiger partial charge in [-0.15, -0.1) is 0 Å². The number of rotatable bonds is 2. The van der Waals surface area contributed by atoms with Gasteiger partial charge in [-0.25, -0.2) is 4.79 Å². The summed E-state index contributed by atoms with van der Waals surface area (Å²) in [5.74, 6) is 0. The largest absolute Gasteiger partial charge is 0.444 e. The summed E-state index contributed by atoms with van der Waals surface area (Å²) in [6.07, 6.45) is -0.247. The number of benzene rings is 1. The molecule has 1 aliphatic rings. The monoisotopic (exact) mass is 307 g/mol. The Morgan fingerprint density at radius 2 is 1.86 bits per heavy atom. The van der Waals surface area contributed by atoms with Crippen molar-refractivity contribution in [3.63, 3.8) is 0 Å². The van der Waals surface area contributed by atoms with Crippen LogP contribution in [0.5, 0.6) is 0 Å². The average molecular weight is 307 g/mol. The van der Waals surface area contributed by atoms with Crippen molar-refractivity contribution in [2.24, 2.45) is 0 Å². The number of hydrogen-bond acceptors (Lipinski definition) is 5. The lowest BCUT2D eigenvalue weighted by molar-refractivity contribution is 0.0240. The van der Waals surface area contributed by atoms with E-state index in [9.17, 15) is 4.79 Å². The van der Waals surface area contributed by atoms with E-state index in [2.05, 4.69) is 10.4 Å². The van der Waals surface area contributed by atoms with E-state index < -0.39 is 5.60 Å². The Morgan fingerprint density at radius 3 is 2.36 bits per heavy atom.